The number of nitrogens with one attached hydrogen (secondary N) is 1. The van der Waals surface area contributed by atoms with Crippen molar-refractivity contribution in [2.75, 3.05) is 5.32 Å². The van der Waals surface area contributed by atoms with E-state index >= 15 is 0 Å². The summed E-state index contributed by atoms with van der Waals surface area (Å²) in [6, 6.07) is 9.49. The van der Waals surface area contributed by atoms with Gasteiger partial charge in [-0.1, -0.05) is 6.07 Å². The van der Waals surface area contributed by atoms with Crippen molar-refractivity contribution in [3.8, 4) is 11.5 Å². The molecule has 0 amide bonds. The Morgan fingerprint density at radius 3 is 2.85 bits per heavy atom. The first-order valence-electron chi connectivity index (χ1n) is 5.99. The first-order chi connectivity index (χ1) is 9.54. The molecule has 106 valence electrons. The molecule has 0 aliphatic rings. The first-order valence-corrected chi connectivity index (χ1v) is 5.99. The number of halogens is 2. The van der Waals surface area contributed by atoms with Crippen LogP contribution in [0.5, 0.6) is 11.5 Å². The molecule has 0 radical (unpaired) electrons. The van der Waals surface area contributed by atoms with Crippen LogP contribution in [0.25, 0.3) is 0 Å². The topological polar surface area (TPSA) is 54.4 Å². The van der Waals surface area contributed by atoms with Crippen LogP contribution < -0.4 is 10.1 Å². The van der Waals surface area contributed by atoms with E-state index in [1.165, 1.54) is 12.1 Å². The summed E-state index contributed by atoms with van der Waals surface area (Å²) >= 11 is 0. The molecule has 0 atom stereocenters. The van der Waals surface area contributed by atoms with Crippen molar-refractivity contribution in [3.63, 3.8) is 0 Å². The fraction of sp³-hybridized carbons (Fsp3) is 0.214. The minimum atomic E-state index is -2.85. The Kier molecular flexibility index (Phi) is 4.34. The number of ether oxygens (including phenoxy) is 1. The number of alkyl halides is 2. The maximum Gasteiger partial charge on any atom is 0.387 e. The van der Waals surface area contributed by atoms with Crippen LogP contribution in [0.4, 0.5) is 14.5 Å². The van der Waals surface area contributed by atoms with Gasteiger partial charge in [-0.25, -0.2) is 0 Å². The van der Waals surface area contributed by atoms with Gasteiger partial charge >= 0.3 is 6.61 Å². The Labute approximate surface area is 115 Å². The zero-order valence-corrected chi connectivity index (χ0v) is 10.8. The Morgan fingerprint density at radius 2 is 2.10 bits per heavy atom. The maximum atomic E-state index is 12.1. The highest BCUT2D eigenvalue weighted by molar-refractivity contribution is 5.48. The van der Waals surface area contributed by atoms with Crippen molar-refractivity contribution in [2.45, 2.75) is 20.1 Å². The molecular weight excluding hydrogens is 266 g/mol. The molecule has 4 nitrogen and oxygen atoms in total. The second-order valence-corrected chi connectivity index (χ2v) is 4.18. The van der Waals surface area contributed by atoms with Gasteiger partial charge in [0.15, 0.2) is 0 Å². The lowest BCUT2D eigenvalue weighted by Crippen LogP contribution is -2.04. The van der Waals surface area contributed by atoms with Gasteiger partial charge in [0.1, 0.15) is 17.2 Å². The van der Waals surface area contributed by atoms with E-state index in [2.05, 4.69) is 15.0 Å². The van der Waals surface area contributed by atoms with Gasteiger partial charge in [-0.05, 0) is 31.2 Å². The van der Waals surface area contributed by atoms with Crippen LogP contribution in [0, 0.1) is 6.92 Å². The van der Waals surface area contributed by atoms with Gasteiger partial charge in [-0.3, -0.25) is 4.98 Å². The largest absolute Gasteiger partial charge is 0.506 e. The van der Waals surface area contributed by atoms with E-state index in [0.29, 0.717) is 11.4 Å². The lowest BCUT2D eigenvalue weighted by molar-refractivity contribution is -0.0498. The molecule has 1 aromatic carbocycles. The summed E-state index contributed by atoms with van der Waals surface area (Å²) in [5.74, 6) is 0.162. The molecule has 0 fully saturated rings. The molecule has 2 N–H and O–H groups in total. The molecular formula is C14H14F2N2O2. The number of aromatic nitrogens is 1. The standard InChI is InChI=1S/C14H14F2N2O2/c1-9-5-6-13(19)12(18-9)8-17-10-3-2-4-11(7-10)20-14(15)16/h2-7,14,17,19H,8H2,1H3. The van der Waals surface area contributed by atoms with Gasteiger partial charge in [0, 0.05) is 17.4 Å². The van der Waals surface area contributed by atoms with Crippen LogP contribution >= 0.6 is 0 Å². The van der Waals surface area contributed by atoms with Crippen molar-refractivity contribution < 1.29 is 18.6 Å². The van der Waals surface area contributed by atoms with Crippen LogP contribution in [-0.2, 0) is 6.54 Å². The van der Waals surface area contributed by atoms with E-state index in [4.69, 9.17) is 0 Å². The van der Waals surface area contributed by atoms with E-state index in [9.17, 15) is 13.9 Å². The quantitative estimate of drug-likeness (QED) is 0.882. The van der Waals surface area contributed by atoms with Crippen molar-refractivity contribution in [1.82, 2.24) is 4.98 Å². The Balaban J connectivity index is 2.05. The number of nitrogens with zero attached hydrogens (tertiary/aromatic N) is 1. The molecule has 0 bridgehead atoms. The zero-order valence-electron chi connectivity index (χ0n) is 10.8. The van der Waals surface area contributed by atoms with Crippen molar-refractivity contribution in [2.24, 2.45) is 0 Å². The van der Waals surface area contributed by atoms with Gasteiger partial charge in [-0.15, -0.1) is 0 Å². The van der Waals surface area contributed by atoms with Crippen molar-refractivity contribution in [3.05, 3.63) is 47.8 Å². The van der Waals surface area contributed by atoms with Gasteiger partial charge in [0.2, 0.25) is 0 Å². The van der Waals surface area contributed by atoms with Gasteiger partial charge in [0.05, 0.1) is 6.54 Å². The number of hydrogen-bond donors (Lipinski definition) is 2. The number of hydrogen-bond acceptors (Lipinski definition) is 4. The van der Waals surface area contributed by atoms with E-state index in [-0.39, 0.29) is 18.0 Å². The highest BCUT2D eigenvalue weighted by Gasteiger charge is 2.06. The number of aryl methyl sites for hydroxylation is 1. The lowest BCUT2D eigenvalue weighted by Gasteiger charge is -2.10. The van der Waals surface area contributed by atoms with Gasteiger partial charge in [-0.2, -0.15) is 8.78 Å². The highest BCUT2D eigenvalue weighted by Crippen LogP contribution is 2.21. The number of rotatable bonds is 5. The molecule has 0 spiro atoms. The second kappa shape index (κ2) is 6.18. The predicted octanol–water partition coefficient (Wildman–Crippen LogP) is 3.31. The van der Waals surface area contributed by atoms with E-state index in [1.54, 1.807) is 24.3 Å². The number of benzene rings is 1. The number of anilines is 1. The summed E-state index contributed by atoms with van der Waals surface area (Å²) in [6.45, 7) is -0.751. The lowest BCUT2D eigenvalue weighted by atomic mass is 10.2. The van der Waals surface area contributed by atoms with Gasteiger partial charge in [0.25, 0.3) is 0 Å². The third-order valence-corrected chi connectivity index (χ3v) is 2.61. The number of aromatic hydroxyl groups is 1. The molecule has 0 aliphatic heterocycles. The summed E-state index contributed by atoms with van der Waals surface area (Å²) < 4.78 is 28.5. The summed E-state index contributed by atoms with van der Waals surface area (Å²) in [6.07, 6.45) is 0. The molecule has 2 rings (SSSR count). The minimum Gasteiger partial charge on any atom is -0.506 e. The fourth-order valence-electron chi connectivity index (χ4n) is 1.70. The highest BCUT2D eigenvalue weighted by atomic mass is 19.3. The zero-order chi connectivity index (χ0) is 14.5. The van der Waals surface area contributed by atoms with Crippen LogP contribution in [0.15, 0.2) is 36.4 Å². The third kappa shape index (κ3) is 3.81. The minimum absolute atomic E-state index is 0.0754. The van der Waals surface area contributed by atoms with Crippen molar-refractivity contribution in [1.29, 1.82) is 0 Å². The van der Waals surface area contributed by atoms with Crippen LogP contribution in [0.3, 0.4) is 0 Å². The van der Waals surface area contributed by atoms with Crippen LogP contribution in [0.1, 0.15) is 11.4 Å². The summed E-state index contributed by atoms with van der Waals surface area (Å²) in [7, 11) is 0. The van der Waals surface area contributed by atoms with Crippen LogP contribution in [0.2, 0.25) is 0 Å². The summed E-state index contributed by atoms with van der Waals surface area (Å²) in [4.78, 5) is 4.19. The summed E-state index contributed by atoms with van der Waals surface area (Å²) in [5, 5.41) is 12.7. The molecule has 0 unspecified atom stereocenters. The first kappa shape index (κ1) is 14.0. The summed E-state index contributed by atoms with van der Waals surface area (Å²) in [5.41, 5.74) is 1.88. The monoisotopic (exact) mass is 280 g/mol. The van der Waals surface area contributed by atoms with E-state index in [0.717, 1.165) is 5.69 Å². The van der Waals surface area contributed by atoms with E-state index in [1.807, 2.05) is 6.92 Å². The average molecular weight is 280 g/mol. The fourth-order valence-corrected chi connectivity index (χ4v) is 1.70. The van der Waals surface area contributed by atoms with Crippen molar-refractivity contribution >= 4 is 5.69 Å². The Hall–Kier alpha value is -2.37. The normalized spacial score (nSPS) is 10.6. The number of pyridine rings is 1. The molecule has 0 saturated heterocycles. The molecule has 0 aliphatic carbocycles. The molecule has 0 saturated carbocycles. The maximum absolute atomic E-state index is 12.1. The Morgan fingerprint density at radius 1 is 1.30 bits per heavy atom. The SMILES string of the molecule is Cc1ccc(O)c(CNc2cccc(OC(F)F)c2)n1. The molecule has 20 heavy (non-hydrogen) atoms. The second-order valence-electron chi connectivity index (χ2n) is 4.18. The molecule has 2 aromatic rings. The Bertz CT molecular complexity index is 591. The van der Waals surface area contributed by atoms with Crippen LogP contribution in [-0.4, -0.2) is 16.7 Å². The van der Waals surface area contributed by atoms with E-state index < -0.39 is 6.61 Å². The molecule has 6 heteroatoms. The van der Waals surface area contributed by atoms with Gasteiger partial charge < -0.3 is 15.2 Å². The average Bonchev–Trinajstić information content (AvgIpc) is 2.39. The third-order valence-electron chi connectivity index (χ3n) is 2.61. The molecule has 1 aromatic heterocycles. The smallest absolute Gasteiger partial charge is 0.387 e. The molecule has 1 heterocycles. The predicted molar refractivity (Wildman–Crippen MR) is 71.0 cm³/mol.